The lowest BCUT2D eigenvalue weighted by atomic mass is 10.1. The average Bonchev–Trinajstić information content (AvgIpc) is 2.84. The van der Waals surface area contributed by atoms with E-state index in [4.69, 9.17) is 4.74 Å². The van der Waals surface area contributed by atoms with Crippen LogP contribution in [0.4, 0.5) is 16.2 Å². The molecule has 2 aromatic carbocycles. The van der Waals surface area contributed by atoms with Crippen LogP contribution in [-0.4, -0.2) is 35.1 Å². The number of amides is 2. The lowest BCUT2D eigenvalue weighted by Crippen LogP contribution is -2.48. The van der Waals surface area contributed by atoms with Crippen LogP contribution in [0.25, 0.3) is 0 Å². The van der Waals surface area contributed by atoms with Crippen LogP contribution < -0.4 is 10.6 Å². The molecule has 2 aromatic rings. The summed E-state index contributed by atoms with van der Waals surface area (Å²) in [7, 11) is 0. The van der Waals surface area contributed by atoms with Gasteiger partial charge in [0, 0.05) is 24.5 Å². The average molecular weight is 410 g/mol. The first-order valence-corrected chi connectivity index (χ1v) is 10.5. The van der Waals surface area contributed by atoms with Gasteiger partial charge in [-0.15, -0.1) is 0 Å². The standard InChI is InChI=1S/C24H31N3O3/c1-24(2,3)30-23(29)26-21-14-7-8-15-27(22(21)28)17-18-10-9-13-20(16-18)25-19-11-5-4-6-12-19/h4-6,9-13,16,21,25H,7-8,14-15,17H2,1-3H3,(H,26,29). The Kier molecular flexibility index (Phi) is 6.98. The molecule has 0 saturated carbocycles. The minimum atomic E-state index is -0.594. The van der Waals surface area contributed by atoms with Crippen LogP contribution in [0, 0.1) is 0 Å². The molecule has 0 radical (unpaired) electrons. The quantitative estimate of drug-likeness (QED) is 0.742. The third-order valence-electron chi connectivity index (χ3n) is 4.83. The van der Waals surface area contributed by atoms with Gasteiger partial charge in [-0.1, -0.05) is 30.3 Å². The number of alkyl carbamates (subject to hydrolysis) is 1. The highest BCUT2D eigenvalue weighted by atomic mass is 16.6. The smallest absolute Gasteiger partial charge is 0.408 e. The van der Waals surface area contributed by atoms with E-state index in [-0.39, 0.29) is 5.91 Å². The number of hydrogen-bond donors (Lipinski definition) is 2. The fourth-order valence-corrected chi connectivity index (χ4v) is 3.50. The molecule has 0 spiro atoms. The van der Waals surface area contributed by atoms with Crippen molar-refractivity contribution in [1.29, 1.82) is 0 Å². The van der Waals surface area contributed by atoms with E-state index in [1.165, 1.54) is 0 Å². The Hall–Kier alpha value is -3.02. The molecule has 3 rings (SSSR count). The van der Waals surface area contributed by atoms with Gasteiger partial charge < -0.3 is 20.3 Å². The number of carbonyl (C=O) groups is 2. The molecule has 1 aliphatic rings. The van der Waals surface area contributed by atoms with E-state index >= 15 is 0 Å². The zero-order valence-corrected chi connectivity index (χ0v) is 18.0. The van der Waals surface area contributed by atoms with E-state index in [0.29, 0.717) is 19.5 Å². The minimum Gasteiger partial charge on any atom is -0.444 e. The van der Waals surface area contributed by atoms with Crippen molar-refractivity contribution in [3.05, 3.63) is 60.2 Å². The number of ether oxygens (including phenoxy) is 1. The number of likely N-dealkylation sites (tertiary alicyclic amines) is 1. The van der Waals surface area contributed by atoms with Gasteiger partial charge in [0.05, 0.1) is 0 Å². The molecule has 1 unspecified atom stereocenters. The van der Waals surface area contributed by atoms with Gasteiger partial charge in [0.15, 0.2) is 0 Å². The monoisotopic (exact) mass is 409 g/mol. The maximum atomic E-state index is 13.1. The van der Waals surface area contributed by atoms with E-state index in [1.54, 1.807) is 0 Å². The summed E-state index contributed by atoms with van der Waals surface area (Å²) < 4.78 is 5.33. The van der Waals surface area contributed by atoms with Crippen molar-refractivity contribution in [2.75, 3.05) is 11.9 Å². The maximum absolute atomic E-state index is 13.1. The van der Waals surface area contributed by atoms with Gasteiger partial charge in [0.2, 0.25) is 5.91 Å². The van der Waals surface area contributed by atoms with Gasteiger partial charge in [0.25, 0.3) is 0 Å². The number of benzene rings is 2. The van der Waals surface area contributed by atoms with Crippen LogP contribution in [0.5, 0.6) is 0 Å². The van der Waals surface area contributed by atoms with Crippen molar-refractivity contribution in [3.63, 3.8) is 0 Å². The molecule has 30 heavy (non-hydrogen) atoms. The Morgan fingerprint density at radius 3 is 2.53 bits per heavy atom. The number of carbonyl (C=O) groups excluding carboxylic acids is 2. The number of anilines is 2. The van der Waals surface area contributed by atoms with Gasteiger partial charge in [-0.05, 0) is 69.9 Å². The number of nitrogens with one attached hydrogen (secondary N) is 2. The van der Waals surface area contributed by atoms with Crippen molar-refractivity contribution in [3.8, 4) is 0 Å². The molecule has 2 N–H and O–H groups in total. The molecule has 1 saturated heterocycles. The van der Waals surface area contributed by atoms with Gasteiger partial charge in [-0.2, -0.15) is 0 Å². The predicted octanol–water partition coefficient (Wildman–Crippen LogP) is 4.84. The second kappa shape index (κ2) is 9.65. The summed E-state index contributed by atoms with van der Waals surface area (Å²) in [5.41, 5.74) is 2.44. The van der Waals surface area contributed by atoms with Crippen molar-refractivity contribution >= 4 is 23.4 Å². The van der Waals surface area contributed by atoms with Crippen molar-refractivity contribution < 1.29 is 14.3 Å². The summed E-state index contributed by atoms with van der Waals surface area (Å²) in [5.74, 6) is -0.0558. The minimum absolute atomic E-state index is 0.0558. The van der Waals surface area contributed by atoms with Gasteiger partial charge in [-0.25, -0.2) is 4.79 Å². The van der Waals surface area contributed by atoms with Crippen LogP contribution in [0.3, 0.4) is 0 Å². The SMILES string of the molecule is CC(C)(C)OC(=O)NC1CCCCN(Cc2cccc(Nc3ccccc3)c2)C1=O. The summed E-state index contributed by atoms with van der Waals surface area (Å²) in [6, 6.07) is 17.5. The van der Waals surface area contributed by atoms with Gasteiger partial charge >= 0.3 is 6.09 Å². The highest BCUT2D eigenvalue weighted by Crippen LogP contribution is 2.20. The molecule has 1 aliphatic heterocycles. The fraction of sp³-hybridized carbons (Fsp3) is 0.417. The second-order valence-electron chi connectivity index (χ2n) is 8.65. The Balaban J connectivity index is 1.65. The molecule has 6 heteroatoms. The molecule has 1 atom stereocenters. The second-order valence-corrected chi connectivity index (χ2v) is 8.65. The van der Waals surface area contributed by atoms with Gasteiger partial charge in [0.1, 0.15) is 11.6 Å². The van der Waals surface area contributed by atoms with E-state index < -0.39 is 17.7 Å². The predicted molar refractivity (Wildman–Crippen MR) is 119 cm³/mol. The highest BCUT2D eigenvalue weighted by Gasteiger charge is 2.29. The molecular weight excluding hydrogens is 378 g/mol. The normalized spacial score (nSPS) is 17.2. The summed E-state index contributed by atoms with van der Waals surface area (Å²) in [5, 5.41) is 6.14. The van der Waals surface area contributed by atoms with E-state index in [2.05, 4.69) is 16.7 Å². The molecular formula is C24H31N3O3. The van der Waals surface area contributed by atoms with Crippen LogP contribution in [0.2, 0.25) is 0 Å². The largest absolute Gasteiger partial charge is 0.444 e. The summed E-state index contributed by atoms with van der Waals surface area (Å²) >= 11 is 0. The summed E-state index contributed by atoms with van der Waals surface area (Å²) in [6.07, 6.45) is 1.89. The molecule has 1 fully saturated rings. The topological polar surface area (TPSA) is 70.7 Å². The first-order valence-electron chi connectivity index (χ1n) is 10.5. The number of para-hydroxylation sites is 1. The lowest BCUT2D eigenvalue weighted by Gasteiger charge is -2.26. The molecule has 2 amide bonds. The third-order valence-corrected chi connectivity index (χ3v) is 4.83. The molecule has 160 valence electrons. The Morgan fingerprint density at radius 2 is 1.80 bits per heavy atom. The van der Waals surface area contributed by atoms with Crippen molar-refractivity contribution in [2.24, 2.45) is 0 Å². The third kappa shape index (κ3) is 6.51. The van der Waals surface area contributed by atoms with E-state index in [0.717, 1.165) is 29.8 Å². The van der Waals surface area contributed by atoms with E-state index in [9.17, 15) is 9.59 Å². The Labute approximate surface area is 178 Å². The number of rotatable bonds is 5. The van der Waals surface area contributed by atoms with Crippen molar-refractivity contribution in [2.45, 2.75) is 58.2 Å². The van der Waals surface area contributed by atoms with Crippen LogP contribution in [-0.2, 0) is 16.1 Å². The molecule has 1 heterocycles. The number of hydrogen-bond acceptors (Lipinski definition) is 4. The van der Waals surface area contributed by atoms with Crippen LogP contribution in [0.1, 0.15) is 45.6 Å². The summed E-state index contributed by atoms with van der Waals surface area (Å²) in [4.78, 5) is 27.1. The zero-order valence-electron chi connectivity index (χ0n) is 18.0. The Bertz CT molecular complexity index is 861. The molecule has 0 aromatic heterocycles. The van der Waals surface area contributed by atoms with Crippen molar-refractivity contribution in [1.82, 2.24) is 10.2 Å². The number of nitrogens with zero attached hydrogens (tertiary/aromatic N) is 1. The molecule has 0 bridgehead atoms. The molecule has 6 nitrogen and oxygen atoms in total. The first kappa shape index (κ1) is 21.7. The van der Waals surface area contributed by atoms with Crippen LogP contribution in [0.15, 0.2) is 54.6 Å². The zero-order chi connectivity index (χ0) is 21.6. The first-order chi connectivity index (χ1) is 14.3. The van der Waals surface area contributed by atoms with Crippen LogP contribution >= 0.6 is 0 Å². The lowest BCUT2D eigenvalue weighted by molar-refractivity contribution is -0.133. The van der Waals surface area contributed by atoms with Gasteiger partial charge in [-0.3, -0.25) is 4.79 Å². The summed E-state index contributed by atoms with van der Waals surface area (Å²) in [6.45, 7) is 6.62. The molecule has 0 aliphatic carbocycles. The highest BCUT2D eigenvalue weighted by molar-refractivity contribution is 5.86. The maximum Gasteiger partial charge on any atom is 0.408 e. The fourth-order valence-electron chi connectivity index (χ4n) is 3.50. The Morgan fingerprint density at radius 1 is 1.07 bits per heavy atom. The van der Waals surface area contributed by atoms with E-state index in [1.807, 2.05) is 74.2 Å².